The number of unbranched alkanes of at least 4 members (excludes halogenated alkanes) is 1. The Labute approximate surface area is 159 Å². The number of aliphatic carboxylic acids is 1. The highest BCUT2D eigenvalue weighted by Gasteiger charge is 2.28. The number of alkyl carbamates (subject to hydrolysis) is 1. The van der Waals surface area contributed by atoms with E-state index in [1.165, 1.54) is 0 Å². The Balaban J connectivity index is 2.30. The minimum atomic E-state index is -1.14. The molecule has 0 saturated carbocycles. The Morgan fingerprint density at radius 3 is 2.44 bits per heavy atom. The summed E-state index contributed by atoms with van der Waals surface area (Å²) in [4.78, 5) is 39.6. The maximum absolute atomic E-state index is 11.6. The number of amides is 2. The van der Waals surface area contributed by atoms with Gasteiger partial charge in [-0.25, -0.2) is 14.7 Å². The van der Waals surface area contributed by atoms with Crippen molar-refractivity contribution in [2.75, 3.05) is 6.54 Å². The van der Waals surface area contributed by atoms with Crippen LogP contribution in [-0.4, -0.2) is 46.8 Å². The Morgan fingerprint density at radius 2 is 1.89 bits per heavy atom. The van der Waals surface area contributed by atoms with Crippen LogP contribution in [0.5, 0.6) is 0 Å². The average Bonchev–Trinajstić information content (AvgIpc) is 2.61. The molecule has 0 spiro atoms. The maximum atomic E-state index is 11.6. The predicted octanol–water partition coefficient (Wildman–Crippen LogP) is 2.72. The fraction of sp³-hybridized carbons (Fsp3) is 0.526. The van der Waals surface area contributed by atoms with Gasteiger partial charge in [0.15, 0.2) is 6.04 Å². The van der Waals surface area contributed by atoms with Crippen molar-refractivity contribution in [2.45, 2.75) is 58.3 Å². The summed E-state index contributed by atoms with van der Waals surface area (Å²) in [6.45, 7) is 5.72. The van der Waals surface area contributed by atoms with E-state index in [0.29, 0.717) is 25.8 Å². The molecule has 0 aliphatic heterocycles. The number of carboxylic acid groups (broad SMARTS) is 1. The molecule has 0 aromatic heterocycles. The summed E-state index contributed by atoms with van der Waals surface area (Å²) in [5, 5.41) is 12.8. The van der Waals surface area contributed by atoms with Crippen LogP contribution in [0.3, 0.4) is 0 Å². The lowest BCUT2D eigenvalue weighted by atomic mass is 10.1. The van der Waals surface area contributed by atoms with Gasteiger partial charge in [0.25, 0.3) is 0 Å². The highest BCUT2D eigenvalue weighted by molar-refractivity contribution is 5.75. The lowest BCUT2D eigenvalue weighted by Gasteiger charge is -2.30. The second-order valence-electron chi connectivity index (χ2n) is 7.01. The summed E-state index contributed by atoms with van der Waals surface area (Å²) < 4.78 is 5.09. The molecule has 1 aromatic rings. The van der Waals surface area contributed by atoms with E-state index in [0.717, 1.165) is 10.6 Å². The Morgan fingerprint density at radius 1 is 1.22 bits per heavy atom. The number of hydrogen-bond acceptors (Lipinski definition) is 5. The normalized spacial score (nSPS) is 12.1. The molecular weight excluding hydrogens is 352 g/mol. The average molecular weight is 380 g/mol. The summed E-state index contributed by atoms with van der Waals surface area (Å²) in [6, 6.07) is 8.25. The van der Waals surface area contributed by atoms with Crippen molar-refractivity contribution in [3.05, 3.63) is 35.9 Å². The lowest BCUT2D eigenvalue weighted by molar-refractivity contribution is -0.235. The van der Waals surface area contributed by atoms with Crippen LogP contribution in [0.25, 0.3) is 0 Å². The fourth-order valence-electron chi connectivity index (χ4n) is 2.26. The number of hydrogen-bond donors (Lipinski definition) is 2. The van der Waals surface area contributed by atoms with Gasteiger partial charge in [0.1, 0.15) is 6.61 Å². The van der Waals surface area contributed by atoms with E-state index >= 15 is 0 Å². The molecule has 0 saturated heterocycles. The first-order valence-corrected chi connectivity index (χ1v) is 8.83. The number of benzene rings is 1. The summed E-state index contributed by atoms with van der Waals surface area (Å²) in [6.07, 6.45) is 1.10. The van der Waals surface area contributed by atoms with Crippen molar-refractivity contribution in [2.24, 2.45) is 0 Å². The molecule has 0 unspecified atom stereocenters. The number of ether oxygens (including phenoxy) is 1. The molecule has 0 aliphatic rings. The number of carbonyl (C=O) groups excluding carboxylic acids is 2. The molecular formula is C19H28N2O6. The standard InChI is InChI=1S/C19H28N2O6/c1-19(2,3)27-21(14-22)16(17(23)24)11-7-8-12-20-18(25)26-13-15-9-5-4-6-10-15/h4-6,9-10,14,16H,7-8,11-13H2,1-3H3,(H,20,25)(H,23,24)/t16-/m0/s1. The van der Waals surface area contributed by atoms with E-state index in [1.807, 2.05) is 30.3 Å². The second-order valence-corrected chi connectivity index (χ2v) is 7.01. The van der Waals surface area contributed by atoms with Gasteiger partial charge in [0.2, 0.25) is 6.41 Å². The maximum Gasteiger partial charge on any atom is 0.407 e. The van der Waals surface area contributed by atoms with Gasteiger partial charge in [-0.2, -0.15) is 0 Å². The summed E-state index contributed by atoms with van der Waals surface area (Å²) in [5.74, 6) is -1.14. The molecule has 1 rings (SSSR count). The molecule has 2 amide bonds. The SMILES string of the molecule is CC(C)(C)ON(C=O)[C@@H](CCCCNC(=O)OCc1ccccc1)C(=O)O. The lowest BCUT2D eigenvalue weighted by Crippen LogP contribution is -2.44. The number of nitrogens with zero attached hydrogens (tertiary/aromatic N) is 1. The number of hydroxylamine groups is 2. The molecule has 2 N–H and O–H groups in total. The van der Waals surface area contributed by atoms with Gasteiger partial charge in [0, 0.05) is 6.54 Å². The first kappa shape index (κ1) is 22.4. The van der Waals surface area contributed by atoms with Gasteiger partial charge < -0.3 is 15.2 Å². The predicted molar refractivity (Wildman–Crippen MR) is 98.6 cm³/mol. The highest BCUT2D eigenvalue weighted by atomic mass is 16.7. The van der Waals surface area contributed by atoms with Crippen LogP contribution in [0, 0.1) is 0 Å². The van der Waals surface area contributed by atoms with Gasteiger partial charge in [0.05, 0.1) is 5.60 Å². The quantitative estimate of drug-likeness (QED) is 0.347. The number of carbonyl (C=O) groups is 3. The molecule has 0 fully saturated rings. The third kappa shape index (κ3) is 9.60. The Bertz CT molecular complexity index is 600. The van der Waals surface area contributed by atoms with E-state index in [-0.39, 0.29) is 13.0 Å². The molecule has 8 nitrogen and oxygen atoms in total. The van der Waals surface area contributed by atoms with Crippen LogP contribution < -0.4 is 5.32 Å². The van der Waals surface area contributed by atoms with Crippen molar-refractivity contribution in [1.29, 1.82) is 0 Å². The number of nitrogens with one attached hydrogen (secondary N) is 1. The van der Waals surface area contributed by atoms with Crippen LogP contribution in [-0.2, 0) is 25.8 Å². The van der Waals surface area contributed by atoms with Gasteiger partial charge in [-0.1, -0.05) is 30.3 Å². The van der Waals surface area contributed by atoms with E-state index in [9.17, 15) is 19.5 Å². The fourth-order valence-corrected chi connectivity index (χ4v) is 2.26. The van der Waals surface area contributed by atoms with Crippen molar-refractivity contribution in [1.82, 2.24) is 10.4 Å². The zero-order valence-electron chi connectivity index (χ0n) is 16.0. The minimum Gasteiger partial charge on any atom is -0.480 e. The van der Waals surface area contributed by atoms with E-state index < -0.39 is 23.7 Å². The van der Waals surface area contributed by atoms with Crippen LogP contribution in [0.4, 0.5) is 4.79 Å². The van der Waals surface area contributed by atoms with E-state index in [1.54, 1.807) is 20.8 Å². The van der Waals surface area contributed by atoms with Gasteiger partial charge >= 0.3 is 12.1 Å². The smallest absolute Gasteiger partial charge is 0.407 e. The Hall–Kier alpha value is -2.61. The van der Waals surface area contributed by atoms with Gasteiger partial charge in [-0.15, -0.1) is 0 Å². The minimum absolute atomic E-state index is 0.187. The first-order chi connectivity index (χ1) is 12.7. The van der Waals surface area contributed by atoms with E-state index in [2.05, 4.69) is 5.32 Å². The molecule has 1 aromatic carbocycles. The molecule has 8 heteroatoms. The molecule has 0 aliphatic carbocycles. The molecule has 0 bridgehead atoms. The third-order valence-corrected chi connectivity index (χ3v) is 3.46. The van der Waals surface area contributed by atoms with Crippen LogP contribution in [0.15, 0.2) is 30.3 Å². The monoisotopic (exact) mass is 380 g/mol. The molecule has 0 radical (unpaired) electrons. The van der Waals surface area contributed by atoms with Crippen molar-refractivity contribution < 1.29 is 29.1 Å². The largest absolute Gasteiger partial charge is 0.480 e. The molecule has 0 heterocycles. The number of rotatable bonds is 11. The van der Waals surface area contributed by atoms with Gasteiger partial charge in [-0.3, -0.25) is 9.63 Å². The Kier molecular flexibility index (Phi) is 9.29. The summed E-state index contributed by atoms with van der Waals surface area (Å²) in [7, 11) is 0. The summed E-state index contributed by atoms with van der Waals surface area (Å²) in [5.41, 5.74) is 0.211. The molecule has 150 valence electrons. The first-order valence-electron chi connectivity index (χ1n) is 8.83. The third-order valence-electron chi connectivity index (χ3n) is 3.46. The summed E-state index contributed by atoms with van der Waals surface area (Å²) >= 11 is 0. The second kappa shape index (κ2) is 11.2. The number of carboxylic acids is 1. The van der Waals surface area contributed by atoms with Crippen LogP contribution >= 0.6 is 0 Å². The van der Waals surface area contributed by atoms with E-state index in [4.69, 9.17) is 9.57 Å². The van der Waals surface area contributed by atoms with Gasteiger partial charge in [-0.05, 0) is 45.6 Å². The topological polar surface area (TPSA) is 105 Å². The highest BCUT2D eigenvalue weighted by Crippen LogP contribution is 2.15. The van der Waals surface area contributed by atoms with Crippen molar-refractivity contribution in [3.63, 3.8) is 0 Å². The van der Waals surface area contributed by atoms with Crippen LogP contribution in [0.1, 0.15) is 45.6 Å². The molecule has 27 heavy (non-hydrogen) atoms. The zero-order chi connectivity index (χ0) is 20.3. The van der Waals surface area contributed by atoms with Crippen molar-refractivity contribution >= 4 is 18.5 Å². The molecule has 1 atom stereocenters. The van der Waals surface area contributed by atoms with Crippen molar-refractivity contribution in [3.8, 4) is 0 Å². The zero-order valence-corrected chi connectivity index (χ0v) is 16.0. The van der Waals surface area contributed by atoms with Crippen LogP contribution in [0.2, 0.25) is 0 Å².